The average Bonchev–Trinajstić information content (AvgIpc) is 2.74. The summed E-state index contributed by atoms with van der Waals surface area (Å²) in [5, 5.41) is 0.825. The van der Waals surface area contributed by atoms with Gasteiger partial charge in [-0.2, -0.15) is 0 Å². The van der Waals surface area contributed by atoms with Crippen molar-refractivity contribution in [3.05, 3.63) is 99.6 Å². The molecule has 0 bridgehead atoms. The second kappa shape index (κ2) is 6.33. The van der Waals surface area contributed by atoms with E-state index in [1.165, 1.54) is 27.8 Å². The molecular formula is C22H20ClN. The number of hydrogen-bond donors (Lipinski definition) is 1. The van der Waals surface area contributed by atoms with Crippen LogP contribution in [0.5, 0.6) is 0 Å². The quantitative estimate of drug-likeness (QED) is 0.625. The van der Waals surface area contributed by atoms with Gasteiger partial charge >= 0.3 is 0 Å². The minimum atomic E-state index is 0.361. The smallest absolute Gasteiger partial charge is 0.0408 e. The molecule has 1 atom stereocenters. The lowest BCUT2D eigenvalue weighted by Gasteiger charge is -2.21. The molecule has 3 aromatic rings. The summed E-state index contributed by atoms with van der Waals surface area (Å²) in [5.41, 5.74) is 13.6. The number of aryl methyl sites for hydroxylation is 2. The second-order valence-electron chi connectivity index (χ2n) is 6.54. The topological polar surface area (TPSA) is 26.0 Å². The molecule has 2 heteroatoms. The van der Waals surface area contributed by atoms with Crippen molar-refractivity contribution in [3.8, 4) is 0 Å². The van der Waals surface area contributed by atoms with Crippen LogP contribution in [-0.2, 0) is 19.3 Å². The molecule has 3 aromatic carbocycles. The Hall–Kier alpha value is -2.25. The molecule has 0 saturated carbocycles. The lowest BCUT2D eigenvalue weighted by Crippen LogP contribution is -2.07. The number of nitrogens with two attached hydrogens (primary N) is 1. The number of fused-ring (bicyclic) bond motifs is 2. The Balaban J connectivity index is 1.82. The zero-order chi connectivity index (χ0) is 16.5. The number of nitrogen functional groups attached to an aromatic ring is 1. The number of benzene rings is 3. The second-order valence-corrected chi connectivity index (χ2v) is 6.98. The van der Waals surface area contributed by atoms with Gasteiger partial charge in [0.25, 0.3) is 0 Å². The maximum absolute atomic E-state index is 6.25. The van der Waals surface area contributed by atoms with E-state index >= 15 is 0 Å². The Morgan fingerprint density at radius 3 is 2.38 bits per heavy atom. The Kier molecular flexibility index (Phi) is 4.03. The van der Waals surface area contributed by atoms with Gasteiger partial charge in [-0.05, 0) is 71.3 Å². The van der Waals surface area contributed by atoms with Crippen LogP contribution in [0.2, 0.25) is 5.02 Å². The number of anilines is 1. The van der Waals surface area contributed by atoms with E-state index in [1.807, 2.05) is 18.2 Å². The molecule has 0 fully saturated rings. The summed E-state index contributed by atoms with van der Waals surface area (Å²) < 4.78 is 0. The van der Waals surface area contributed by atoms with Crippen molar-refractivity contribution in [1.82, 2.24) is 0 Å². The Morgan fingerprint density at radius 2 is 1.54 bits per heavy atom. The zero-order valence-electron chi connectivity index (χ0n) is 13.5. The third kappa shape index (κ3) is 2.92. The molecule has 4 rings (SSSR count). The molecule has 0 aliphatic heterocycles. The largest absolute Gasteiger partial charge is 0.399 e. The van der Waals surface area contributed by atoms with Crippen LogP contribution in [-0.4, -0.2) is 0 Å². The molecule has 1 aliphatic carbocycles. The van der Waals surface area contributed by atoms with Gasteiger partial charge < -0.3 is 5.73 Å². The van der Waals surface area contributed by atoms with Crippen molar-refractivity contribution in [1.29, 1.82) is 0 Å². The Morgan fingerprint density at radius 1 is 0.833 bits per heavy atom. The van der Waals surface area contributed by atoms with E-state index in [0.717, 1.165) is 30.0 Å². The first-order chi connectivity index (χ1) is 11.7. The fourth-order valence-corrected chi connectivity index (χ4v) is 3.97. The van der Waals surface area contributed by atoms with Crippen LogP contribution in [0.4, 0.5) is 5.69 Å². The first-order valence-electron chi connectivity index (χ1n) is 8.41. The Labute approximate surface area is 148 Å². The van der Waals surface area contributed by atoms with Crippen molar-refractivity contribution in [2.45, 2.75) is 25.2 Å². The van der Waals surface area contributed by atoms with Gasteiger partial charge in [-0.1, -0.05) is 54.1 Å². The van der Waals surface area contributed by atoms with Gasteiger partial charge in [0.2, 0.25) is 0 Å². The highest BCUT2D eigenvalue weighted by Gasteiger charge is 2.23. The predicted molar refractivity (Wildman–Crippen MR) is 102 cm³/mol. The third-order valence-corrected chi connectivity index (χ3v) is 5.23. The van der Waals surface area contributed by atoms with Gasteiger partial charge in [0, 0.05) is 16.6 Å². The monoisotopic (exact) mass is 333 g/mol. The fourth-order valence-electron chi connectivity index (χ4n) is 3.78. The SMILES string of the molecule is Nc1ccc(C[C@@H]2c3ccccc3CCc3cc(Cl)ccc32)cc1. The summed E-state index contributed by atoms with van der Waals surface area (Å²) >= 11 is 6.25. The van der Waals surface area contributed by atoms with E-state index in [4.69, 9.17) is 17.3 Å². The summed E-state index contributed by atoms with van der Waals surface area (Å²) in [6.45, 7) is 0. The van der Waals surface area contributed by atoms with Crippen LogP contribution in [0.15, 0.2) is 66.7 Å². The van der Waals surface area contributed by atoms with Crippen molar-refractivity contribution in [3.63, 3.8) is 0 Å². The minimum absolute atomic E-state index is 0.361. The molecule has 24 heavy (non-hydrogen) atoms. The van der Waals surface area contributed by atoms with E-state index in [1.54, 1.807) is 0 Å². The van der Waals surface area contributed by atoms with Crippen molar-refractivity contribution in [2.24, 2.45) is 0 Å². The van der Waals surface area contributed by atoms with Gasteiger partial charge in [0.15, 0.2) is 0 Å². The average molecular weight is 334 g/mol. The van der Waals surface area contributed by atoms with Crippen molar-refractivity contribution in [2.75, 3.05) is 5.73 Å². The highest BCUT2D eigenvalue weighted by atomic mass is 35.5. The van der Waals surface area contributed by atoms with Crippen LogP contribution >= 0.6 is 11.6 Å². The van der Waals surface area contributed by atoms with Crippen LogP contribution in [0.1, 0.15) is 33.7 Å². The highest BCUT2D eigenvalue weighted by molar-refractivity contribution is 6.30. The van der Waals surface area contributed by atoms with Crippen LogP contribution in [0.3, 0.4) is 0 Å². The normalized spacial score (nSPS) is 16.1. The Bertz CT molecular complexity index is 867. The molecular weight excluding hydrogens is 314 g/mol. The van der Waals surface area contributed by atoms with Gasteiger partial charge in [0.1, 0.15) is 0 Å². The maximum Gasteiger partial charge on any atom is 0.0408 e. The van der Waals surface area contributed by atoms with E-state index in [0.29, 0.717) is 5.92 Å². The van der Waals surface area contributed by atoms with Crippen LogP contribution < -0.4 is 5.73 Å². The summed E-state index contributed by atoms with van der Waals surface area (Å²) in [5.74, 6) is 0.361. The number of hydrogen-bond acceptors (Lipinski definition) is 1. The van der Waals surface area contributed by atoms with E-state index in [9.17, 15) is 0 Å². The number of rotatable bonds is 2. The standard InChI is InChI=1S/C22H20ClN/c23-18-9-12-21-17(14-18)8-7-16-3-1-2-4-20(16)22(21)13-15-5-10-19(24)11-6-15/h1-6,9-12,14,22H,7-8,13,24H2/t22-/m1/s1. The summed E-state index contributed by atoms with van der Waals surface area (Å²) in [6, 6.07) is 23.4. The highest BCUT2D eigenvalue weighted by Crippen LogP contribution is 2.37. The summed E-state index contributed by atoms with van der Waals surface area (Å²) in [4.78, 5) is 0. The molecule has 0 spiro atoms. The third-order valence-electron chi connectivity index (χ3n) is 4.99. The molecule has 0 heterocycles. The van der Waals surface area contributed by atoms with Crippen molar-refractivity contribution < 1.29 is 0 Å². The van der Waals surface area contributed by atoms with Gasteiger partial charge in [-0.15, -0.1) is 0 Å². The zero-order valence-corrected chi connectivity index (χ0v) is 14.3. The molecule has 0 radical (unpaired) electrons. The lowest BCUT2D eigenvalue weighted by atomic mass is 9.83. The molecule has 0 saturated heterocycles. The fraction of sp³-hybridized carbons (Fsp3) is 0.182. The van der Waals surface area contributed by atoms with Crippen molar-refractivity contribution >= 4 is 17.3 Å². The predicted octanol–water partition coefficient (Wildman–Crippen LogP) is 5.40. The molecule has 0 aromatic heterocycles. The van der Waals surface area contributed by atoms with E-state index in [2.05, 4.69) is 48.5 Å². The molecule has 0 unspecified atom stereocenters. The van der Waals surface area contributed by atoms with Crippen LogP contribution in [0, 0.1) is 0 Å². The number of halogens is 1. The van der Waals surface area contributed by atoms with E-state index in [-0.39, 0.29) is 0 Å². The molecule has 120 valence electrons. The van der Waals surface area contributed by atoms with Crippen LogP contribution in [0.25, 0.3) is 0 Å². The van der Waals surface area contributed by atoms with Gasteiger partial charge in [-0.25, -0.2) is 0 Å². The first kappa shape index (κ1) is 15.3. The lowest BCUT2D eigenvalue weighted by molar-refractivity contribution is 0.799. The molecule has 1 aliphatic rings. The summed E-state index contributed by atoms with van der Waals surface area (Å²) in [7, 11) is 0. The van der Waals surface area contributed by atoms with Gasteiger partial charge in [0.05, 0.1) is 0 Å². The molecule has 1 nitrogen and oxygen atoms in total. The minimum Gasteiger partial charge on any atom is -0.399 e. The van der Waals surface area contributed by atoms with Gasteiger partial charge in [-0.3, -0.25) is 0 Å². The first-order valence-corrected chi connectivity index (χ1v) is 8.79. The van der Waals surface area contributed by atoms with E-state index < -0.39 is 0 Å². The summed E-state index contributed by atoms with van der Waals surface area (Å²) in [6.07, 6.45) is 3.10. The maximum atomic E-state index is 6.25. The molecule has 0 amide bonds. The molecule has 2 N–H and O–H groups in total.